The first kappa shape index (κ1) is 17.1. The first-order valence-corrected chi connectivity index (χ1v) is 6.86. The second-order valence-electron chi connectivity index (χ2n) is 4.63. The molecule has 0 radical (unpaired) electrons. The molecule has 0 aliphatic carbocycles. The number of anilines is 1. The van der Waals surface area contributed by atoms with Crippen LogP contribution in [0.15, 0.2) is 36.4 Å². The Balaban J connectivity index is 2.42. The van der Waals surface area contributed by atoms with E-state index >= 15 is 0 Å². The Morgan fingerprint density at radius 2 is 1.67 bits per heavy atom. The standard InChI is InChI=1S/C16H16N2O6/c1-22-10-7-8-11(12(9-10)18(20)21)17-16(19)15-13(23-2)5-4-6-14(15)24-3/h4-9H,1-3H3,(H,17,19). The van der Waals surface area contributed by atoms with Gasteiger partial charge in [-0.3, -0.25) is 14.9 Å². The second kappa shape index (κ2) is 7.32. The third-order valence-electron chi connectivity index (χ3n) is 3.30. The van der Waals surface area contributed by atoms with Crippen molar-refractivity contribution >= 4 is 17.3 Å². The third-order valence-corrected chi connectivity index (χ3v) is 3.30. The number of benzene rings is 2. The van der Waals surface area contributed by atoms with Gasteiger partial charge in [0.25, 0.3) is 11.6 Å². The van der Waals surface area contributed by atoms with E-state index in [1.54, 1.807) is 18.2 Å². The van der Waals surface area contributed by atoms with Gasteiger partial charge < -0.3 is 19.5 Å². The summed E-state index contributed by atoms with van der Waals surface area (Å²) in [4.78, 5) is 23.2. The highest BCUT2D eigenvalue weighted by Crippen LogP contribution is 2.32. The quantitative estimate of drug-likeness (QED) is 0.645. The minimum atomic E-state index is -0.600. The summed E-state index contributed by atoms with van der Waals surface area (Å²) in [6.07, 6.45) is 0. The van der Waals surface area contributed by atoms with Crippen LogP contribution < -0.4 is 19.5 Å². The molecule has 0 heterocycles. The van der Waals surface area contributed by atoms with Crippen LogP contribution in [0.1, 0.15) is 10.4 Å². The average Bonchev–Trinajstić information content (AvgIpc) is 2.60. The maximum atomic E-state index is 12.6. The molecule has 2 rings (SSSR count). The molecule has 2 aromatic rings. The van der Waals surface area contributed by atoms with Crippen LogP contribution in [0.25, 0.3) is 0 Å². The van der Waals surface area contributed by atoms with Crippen molar-refractivity contribution in [3.05, 3.63) is 52.1 Å². The van der Waals surface area contributed by atoms with E-state index in [1.807, 2.05) is 0 Å². The summed E-state index contributed by atoms with van der Waals surface area (Å²) in [7, 11) is 4.24. The number of methoxy groups -OCH3 is 3. The molecule has 0 aromatic heterocycles. The zero-order chi connectivity index (χ0) is 17.7. The summed E-state index contributed by atoms with van der Waals surface area (Å²) < 4.78 is 15.3. The van der Waals surface area contributed by atoms with Gasteiger partial charge in [-0.15, -0.1) is 0 Å². The summed E-state index contributed by atoms with van der Waals surface area (Å²) in [5.41, 5.74) is -0.0945. The lowest BCUT2D eigenvalue weighted by Gasteiger charge is -2.13. The van der Waals surface area contributed by atoms with Crippen molar-refractivity contribution in [2.24, 2.45) is 0 Å². The van der Waals surface area contributed by atoms with E-state index < -0.39 is 10.8 Å². The zero-order valence-electron chi connectivity index (χ0n) is 13.4. The van der Waals surface area contributed by atoms with E-state index in [2.05, 4.69) is 5.32 Å². The highest BCUT2D eigenvalue weighted by molar-refractivity contribution is 6.09. The number of carbonyl (C=O) groups is 1. The molecule has 0 saturated heterocycles. The molecule has 0 aliphatic rings. The Hall–Kier alpha value is -3.29. The van der Waals surface area contributed by atoms with E-state index in [0.717, 1.165) is 0 Å². The second-order valence-corrected chi connectivity index (χ2v) is 4.63. The van der Waals surface area contributed by atoms with Gasteiger partial charge in [-0.1, -0.05) is 6.07 Å². The SMILES string of the molecule is COc1ccc(NC(=O)c2c(OC)cccc2OC)c([N+](=O)[O-])c1. The molecule has 0 bridgehead atoms. The van der Waals surface area contributed by atoms with Crippen LogP contribution in [0.4, 0.5) is 11.4 Å². The average molecular weight is 332 g/mol. The molecule has 1 N–H and O–H groups in total. The van der Waals surface area contributed by atoms with Crippen LogP contribution in [0, 0.1) is 10.1 Å². The minimum Gasteiger partial charge on any atom is -0.496 e. The van der Waals surface area contributed by atoms with Gasteiger partial charge in [0.15, 0.2) is 0 Å². The molecule has 0 unspecified atom stereocenters. The predicted molar refractivity (Wildman–Crippen MR) is 87.1 cm³/mol. The lowest BCUT2D eigenvalue weighted by atomic mass is 10.1. The Bertz CT molecular complexity index is 753. The topological polar surface area (TPSA) is 99.9 Å². The first-order valence-electron chi connectivity index (χ1n) is 6.86. The largest absolute Gasteiger partial charge is 0.496 e. The summed E-state index contributed by atoms with van der Waals surface area (Å²) in [5.74, 6) is 0.318. The molecular weight excluding hydrogens is 316 g/mol. The Morgan fingerprint density at radius 3 is 2.17 bits per heavy atom. The molecule has 24 heavy (non-hydrogen) atoms. The summed E-state index contributed by atoms with van der Waals surface area (Å²) in [6, 6.07) is 9.01. The van der Waals surface area contributed by atoms with Gasteiger partial charge in [0.2, 0.25) is 0 Å². The zero-order valence-corrected chi connectivity index (χ0v) is 13.4. The molecule has 0 fully saturated rings. The monoisotopic (exact) mass is 332 g/mol. The maximum Gasteiger partial charge on any atom is 0.296 e. The number of hydrogen-bond acceptors (Lipinski definition) is 6. The molecular formula is C16H16N2O6. The number of ether oxygens (including phenoxy) is 3. The molecule has 0 spiro atoms. The highest BCUT2D eigenvalue weighted by Gasteiger charge is 2.22. The van der Waals surface area contributed by atoms with Crippen molar-refractivity contribution in [3.8, 4) is 17.2 Å². The Kier molecular flexibility index (Phi) is 5.20. The number of carbonyl (C=O) groups excluding carboxylic acids is 1. The van der Waals surface area contributed by atoms with Crippen molar-refractivity contribution in [1.29, 1.82) is 0 Å². The van der Waals surface area contributed by atoms with Gasteiger partial charge in [-0.2, -0.15) is 0 Å². The van der Waals surface area contributed by atoms with Crippen LogP contribution in [-0.4, -0.2) is 32.2 Å². The fraction of sp³-hybridized carbons (Fsp3) is 0.188. The Morgan fingerprint density at radius 1 is 1.04 bits per heavy atom. The van der Waals surface area contributed by atoms with Gasteiger partial charge in [0, 0.05) is 0 Å². The lowest BCUT2D eigenvalue weighted by Crippen LogP contribution is -2.15. The van der Waals surface area contributed by atoms with Crippen LogP contribution in [0.3, 0.4) is 0 Å². The van der Waals surface area contributed by atoms with E-state index in [9.17, 15) is 14.9 Å². The van der Waals surface area contributed by atoms with Gasteiger partial charge in [0.05, 0.1) is 32.3 Å². The number of rotatable bonds is 6. The first-order chi connectivity index (χ1) is 11.5. The van der Waals surface area contributed by atoms with Gasteiger partial charge in [0.1, 0.15) is 28.5 Å². The smallest absolute Gasteiger partial charge is 0.296 e. The van der Waals surface area contributed by atoms with E-state index in [-0.39, 0.29) is 16.9 Å². The van der Waals surface area contributed by atoms with Crippen molar-refractivity contribution in [2.45, 2.75) is 0 Å². The maximum absolute atomic E-state index is 12.6. The summed E-state index contributed by atoms with van der Waals surface area (Å²) in [6.45, 7) is 0. The fourth-order valence-corrected chi connectivity index (χ4v) is 2.15. The van der Waals surface area contributed by atoms with E-state index in [1.165, 1.54) is 39.5 Å². The number of nitrogens with zero attached hydrogens (tertiary/aromatic N) is 1. The van der Waals surface area contributed by atoms with Crippen LogP contribution in [0.5, 0.6) is 17.2 Å². The molecule has 8 heteroatoms. The number of nitro groups is 1. The van der Waals surface area contributed by atoms with Gasteiger partial charge in [-0.25, -0.2) is 0 Å². The molecule has 0 aliphatic heterocycles. The number of hydrogen-bond donors (Lipinski definition) is 1. The van der Waals surface area contributed by atoms with Crippen molar-refractivity contribution < 1.29 is 23.9 Å². The molecule has 2 aromatic carbocycles. The van der Waals surface area contributed by atoms with E-state index in [4.69, 9.17) is 14.2 Å². The van der Waals surface area contributed by atoms with Crippen LogP contribution >= 0.6 is 0 Å². The van der Waals surface area contributed by atoms with Crippen LogP contribution in [0.2, 0.25) is 0 Å². The third kappa shape index (κ3) is 3.37. The Labute approximate surface area is 138 Å². The fourth-order valence-electron chi connectivity index (χ4n) is 2.15. The molecule has 8 nitrogen and oxygen atoms in total. The molecule has 1 amide bonds. The number of nitrogens with one attached hydrogen (secondary N) is 1. The predicted octanol–water partition coefficient (Wildman–Crippen LogP) is 2.87. The summed E-state index contributed by atoms with van der Waals surface area (Å²) in [5, 5.41) is 13.7. The van der Waals surface area contributed by atoms with Gasteiger partial charge >= 0.3 is 0 Å². The van der Waals surface area contributed by atoms with E-state index in [0.29, 0.717) is 17.2 Å². The van der Waals surface area contributed by atoms with Crippen molar-refractivity contribution in [1.82, 2.24) is 0 Å². The number of nitro benzene ring substituents is 1. The summed E-state index contributed by atoms with van der Waals surface area (Å²) >= 11 is 0. The van der Waals surface area contributed by atoms with Crippen molar-refractivity contribution in [3.63, 3.8) is 0 Å². The van der Waals surface area contributed by atoms with Crippen LogP contribution in [-0.2, 0) is 0 Å². The normalized spacial score (nSPS) is 9.96. The molecule has 0 saturated carbocycles. The van der Waals surface area contributed by atoms with Crippen molar-refractivity contribution in [2.75, 3.05) is 26.6 Å². The number of amides is 1. The minimum absolute atomic E-state index is 0.0405. The van der Waals surface area contributed by atoms with Gasteiger partial charge in [-0.05, 0) is 24.3 Å². The molecule has 126 valence electrons. The lowest BCUT2D eigenvalue weighted by molar-refractivity contribution is -0.384. The molecule has 0 atom stereocenters. The highest BCUT2D eigenvalue weighted by atomic mass is 16.6.